The summed E-state index contributed by atoms with van der Waals surface area (Å²) in [5.41, 5.74) is 5.67. The van der Waals surface area contributed by atoms with Gasteiger partial charge in [0, 0.05) is 26.6 Å². The van der Waals surface area contributed by atoms with Crippen LogP contribution in [0.15, 0.2) is 35.4 Å². The minimum atomic E-state index is -1.14. The van der Waals surface area contributed by atoms with Crippen LogP contribution in [-0.2, 0) is 25.7 Å². The highest BCUT2D eigenvalue weighted by molar-refractivity contribution is 6.13. The van der Waals surface area contributed by atoms with Crippen LogP contribution in [0.25, 0.3) is 0 Å². The predicted octanol–water partition coefficient (Wildman–Crippen LogP) is 0.914. The Morgan fingerprint density at radius 2 is 1.97 bits per heavy atom. The van der Waals surface area contributed by atoms with Crippen LogP contribution in [0.4, 0.5) is 0 Å². The molecule has 0 aromatic heterocycles. The number of hydrogen-bond donors (Lipinski definition) is 2. The number of rotatable bonds is 7. The van der Waals surface area contributed by atoms with Crippen molar-refractivity contribution >= 4 is 35.8 Å². The van der Waals surface area contributed by atoms with Crippen molar-refractivity contribution in [1.29, 1.82) is 0 Å². The number of amides is 3. The lowest BCUT2D eigenvalue weighted by atomic mass is 9.79. The highest BCUT2D eigenvalue weighted by Gasteiger charge is 2.50. The summed E-state index contributed by atoms with van der Waals surface area (Å²) in [4.78, 5) is 40.0. The van der Waals surface area contributed by atoms with Crippen molar-refractivity contribution in [3.8, 4) is 0 Å². The summed E-state index contributed by atoms with van der Waals surface area (Å²) in [7, 11) is 1.62. The monoisotopic (exact) mass is 465 g/mol. The first-order chi connectivity index (χ1) is 14.5. The fraction of sp³-hybridized carbons (Fsp3) is 0.545. The summed E-state index contributed by atoms with van der Waals surface area (Å²) in [6.07, 6.45) is 0.506. The summed E-state index contributed by atoms with van der Waals surface area (Å²) in [5, 5.41) is 8.38. The predicted molar refractivity (Wildman–Crippen MR) is 123 cm³/mol. The molecule has 2 aliphatic heterocycles. The van der Waals surface area contributed by atoms with E-state index in [4.69, 9.17) is 10.5 Å². The summed E-state index contributed by atoms with van der Waals surface area (Å²) in [6, 6.07) is 8.66. The largest absolute Gasteiger partial charge is 0.374 e. The van der Waals surface area contributed by atoms with Crippen LogP contribution in [0.3, 0.4) is 0 Å². The second kappa shape index (κ2) is 9.97. The zero-order chi connectivity index (χ0) is 22.8. The number of piperidine rings is 1. The number of hydrogen-bond acceptors (Lipinski definition) is 6. The lowest BCUT2D eigenvalue weighted by Crippen LogP contribution is -2.60. The van der Waals surface area contributed by atoms with Crippen LogP contribution in [0.1, 0.15) is 32.8 Å². The van der Waals surface area contributed by atoms with Gasteiger partial charge in [0.05, 0.1) is 24.5 Å². The van der Waals surface area contributed by atoms with Gasteiger partial charge in [-0.2, -0.15) is 5.10 Å². The van der Waals surface area contributed by atoms with Gasteiger partial charge in [-0.15, -0.1) is 12.4 Å². The Morgan fingerprint density at radius 1 is 1.31 bits per heavy atom. The van der Waals surface area contributed by atoms with E-state index in [0.29, 0.717) is 19.6 Å². The molecule has 1 saturated heterocycles. The maximum absolute atomic E-state index is 13.3. The number of nitrogens with two attached hydrogens (primary N) is 1. The van der Waals surface area contributed by atoms with Crippen LogP contribution >= 0.6 is 12.4 Å². The summed E-state index contributed by atoms with van der Waals surface area (Å²) in [5.74, 6) is -0.881. The second-order valence-corrected chi connectivity index (χ2v) is 8.97. The number of halogens is 1. The highest BCUT2D eigenvalue weighted by atomic mass is 35.5. The zero-order valence-electron chi connectivity index (χ0n) is 19.0. The minimum Gasteiger partial charge on any atom is -0.374 e. The number of carbonyl (C=O) groups is 3. The number of carbonyl (C=O) groups excluding carboxylic acids is 3. The van der Waals surface area contributed by atoms with Gasteiger partial charge in [-0.3, -0.25) is 14.4 Å². The second-order valence-electron chi connectivity index (χ2n) is 8.97. The average molecular weight is 466 g/mol. The van der Waals surface area contributed by atoms with Gasteiger partial charge in [0.2, 0.25) is 11.8 Å². The molecule has 0 bridgehead atoms. The molecule has 3 N–H and O–H groups in total. The Balaban J connectivity index is 0.00000363. The number of fused-ring (bicyclic) bond motifs is 1. The maximum atomic E-state index is 13.3. The Morgan fingerprint density at radius 3 is 2.59 bits per heavy atom. The molecule has 1 fully saturated rings. The van der Waals surface area contributed by atoms with Gasteiger partial charge in [-0.05, 0) is 26.3 Å². The molecule has 0 spiro atoms. The zero-order valence-corrected chi connectivity index (χ0v) is 19.8. The van der Waals surface area contributed by atoms with Gasteiger partial charge in [-0.1, -0.05) is 30.3 Å². The van der Waals surface area contributed by atoms with Crippen molar-refractivity contribution in [3.05, 3.63) is 35.9 Å². The SMILES string of the molecule is CN1N=C2CCN(C(=O)[C@@H](COCc3ccccc3)NC(=O)C(C)(C)N)C[C@@]2(C)C1=O.Cl. The molecule has 176 valence electrons. The molecule has 9 nitrogen and oxygen atoms in total. The molecule has 0 aliphatic carbocycles. The first-order valence-corrected chi connectivity index (χ1v) is 10.4. The van der Waals surface area contributed by atoms with E-state index in [2.05, 4.69) is 10.4 Å². The fourth-order valence-corrected chi connectivity index (χ4v) is 3.80. The Kier molecular flexibility index (Phi) is 8.03. The fourth-order valence-electron chi connectivity index (χ4n) is 3.80. The van der Waals surface area contributed by atoms with Gasteiger partial charge in [0.1, 0.15) is 11.5 Å². The van der Waals surface area contributed by atoms with Crippen molar-refractivity contribution < 1.29 is 19.1 Å². The number of likely N-dealkylation sites (tertiary alicyclic amines) is 1. The Labute approximate surface area is 194 Å². The van der Waals surface area contributed by atoms with E-state index in [-0.39, 0.29) is 37.4 Å². The average Bonchev–Trinajstić information content (AvgIpc) is 2.95. The standard InChI is InChI=1S/C22H31N5O4.ClH/c1-21(2,23)19(29)24-16(13-31-12-15-8-6-5-7-9-15)18(28)27-11-10-17-22(3,14-27)20(30)26(4)25-17;/h5-9,16H,10-14,23H2,1-4H3,(H,24,29);1H/t16-,22-;/m1./s1. The van der Waals surface area contributed by atoms with E-state index < -0.39 is 22.9 Å². The molecule has 0 unspecified atom stereocenters. The topological polar surface area (TPSA) is 117 Å². The van der Waals surface area contributed by atoms with Crippen LogP contribution in [0, 0.1) is 5.41 Å². The minimum absolute atomic E-state index is 0. The molecular formula is C22H32ClN5O4. The van der Waals surface area contributed by atoms with E-state index in [1.807, 2.05) is 30.3 Å². The van der Waals surface area contributed by atoms with E-state index in [1.54, 1.807) is 32.7 Å². The molecule has 0 radical (unpaired) electrons. The van der Waals surface area contributed by atoms with Gasteiger partial charge in [0.15, 0.2) is 0 Å². The normalized spacial score (nSPS) is 21.4. The number of nitrogens with one attached hydrogen (secondary N) is 1. The van der Waals surface area contributed by atoms with Crippen molar-refractivity contribution in [2.75, 3.05) is 26.7 Å². The molecule has 2 aliphatic rings. The van der Waals surface area contributed by atoms with E-state index in [9.17, 15) is 14.4 Å². The van der Waals surface area contributed by atoms with Gasteiger partial charge >= 0.3 is 0 Å². The third kappa shape index (κ3) is 5.46. The van der Waals surface area contributed by atoms with Crippen LogP contribution in [-0.4, -0.2) is 71.7 Å². The van der Waals surface area contributed by atoms with Crippen molar-refractivity contribution in [2.45, 2.75) is 45.4 Å². The molecule has 32 heavy (non-hydrogen) atoms. The number of nitrogens with zero attached hydrogens (tertiary/aromatic N) is 3. The van der Waals surface area contributed by atoms with E-state index >= 15 is 0 Å². The summed E-state index contributed by atoms with van der Waals surface area (Å²) in [6.45, 7) is 5.90. The van der Waals surface area contributed by atoms with Gasteiger partial charge < -0.3 is 20.7 Å². The van der Waals surface area contributed by atoms with Gasteiger partial charge in [-0.25, -0.2) is 5.01 Å². The third-order valence-electron chi connectivity index (χ3n) is 5.70. The maximum Gasteiger partial charge on any atom is 0.255 e. The number of benzene rings is 1. The van der Waals surface area contributed by atoms with Crippen LogP contribution in [0.2, 0.25) is 0 Å². The van der Waals surface area contributed by atoms with E-state index in [0.717, 1.165) is 11.3 Å². The van der Waals surface area contributed by atoms with Crippen molar-refractivity contribution in [1.82, 2.24) is 15.2 Å². The summed E-state index contributed by atoms with van der Waals surface area (Å²) >= 11 is 0. The summed E-state index contributed by atoms with van der Waals surface area (Å²) < 4.78 is 5.76. The van der Waals surface area contributed by atoms with Crippen LogP contribution in [0.5, 0.6) is 0 Å². The smallest absolute Gasteiger partial charge is 0.255 e. The van der Waals surface area contributed by atoms with Crippen molar-refractivity contribution in [2.24, 2.45) is 16.3 Å². The molecule has 3 amide bonds. The lowest BCUT2D eigenvalue weighted by Gasteiger charge is -2.38. The third-order valence-corrected chi connectivity index (χ3v) is 5.70. The first kappa shape index (κ1) is 25.8. The quantitative estimate of drug-likeness (QED) is 0.620. The highest BCUT2D eigenvalue weighted by Crippen LogP contribution is 2.34. The van der Waals surface area contributed by atoms with Gasteiger partial charge in [0.25, 0.3) is 5.91 Å². The molecule has 2 heterocycles. The van der Waals surface area contributed by atoms with Crippen molar-refractivity contribution in [3.63, 3.8) is 0 Å². The van der Waals surface area contributed by atoms with E-state index in [1.165, 1.54) is 5.01 Å². The Hall–Kier alpha value is -2.49. The Bertz CT molecular complexity index is 886. The number of hydrazone groups is 1. The molecule has 10 heteroatoms. The molecular weight excluding hydrogens is 434 g/mol. The molecule has 3 rings (SSSR count). The van der Waals surface area contributed by atoms with Crippen LogP contribution < -0.4 is 11.1 Å². The molecule has 1 aromatic rings. The molecule has 2 atom stereocenters. The molecule has 0 saturated carbocycles. The first-order valence-electron chi connectivity index (χ1n) is 10.4. The molecule has 1 aromatic carbocycles. The number of ether oxygens (including phenoxy) is 1. The lowest BCUT2D eigenvalue weighted by molar-refractivity contribution is -0.143.